The van der Waals surface area contributed by atoms with Crippen LogP contribution in [0.5, 0.6) is 0 Å². The summed E-state index contributed by atoms with van der Waals surface area (Å²) in [5.41, 5.74) is 16.5. The van der Waals surface area contributed by atoms with E-state index in [1.807, 2.05) is 24.3 Å². The molecule has 0 saturated carbocycles. The fourth-order valence-electron chi connectivity index (χ4n) is 9.20. The third kappa shape index (κ3) is 6.47. The van der Waals surface area contributed by atoms with Crippen molar-refractivity contribution in [2.45, 2.75) is 27.7 Å². The van der Waals surface area contributed by atoms with Gasteiger partial charge in [-0.05, 0) is 142 Å². The fourth-order valence-corrected chi connectivity index (χ4v) is 9.20. The normalized spacial score (nSPS) is 11.2. The summed E-state index contributed by atoms with van der Waals surface area (Å²) in [6, 6.07) is 66.9. The third-order valence-electron chi connectivity index (χ3n) is 12.3. The van der Waals surface area contributed by atoms with Gasteiger partial charge in [0.15, 0.2) is 5.69 Å². The number of aryl methyl sites for hydroxylation is 4. The molecule has 4 heteroatoms. The Bertz CT molecular complexity index is 3200. The van der Waals surface area contributed by atoms with Crippen molar-refractivity contribution in [2.75, 3.05) is 9.80 Å². The quantitative estimate of drug-likeness (QED) is 0.113. The molecule has 0 fully saturated rings. The second-order valence-electron chi connectivity index (χ2n) is 16.2. The van der Waals surface area contributed by atoms with Crippen LogP contribution in [0.3, 0.4) is 0 Å². The summed E-state index contributed by atoms with van der Waals surface area (Å²) >= 11 is 0. The van der Waals surface area contributed by atoms with Crippen LogP contribution in [0.25, 0.3) is 59.4 Å². The average Bonchev–Trinajstić information content (AvgIpc) is 3.31. The number of benzene rings is 10. The molecule has 62 heavy (non-hydrogen) atoms. The van der Waals surface area contributed by atoms with Crippen LogP contribution in [0.2, 0.25) is 0 Å². The molecule has 0 heterocycles. The van der Waals surface area contributed by atoms with E-state index < -0.39 is 0 Å². The van der Waals surface area contributed by atoms with Gasteiger partial charge in [-0.15, -0.1) is 0 Å². The van der Waals surface area contributed by atoms with Gasteiger partial charge in [-0.25, -0.2) is 4.85 Å². The Balaban J connectivity index is 1.24. The molecule has 0 N–H and O–H groups in total. The highest BCUT2D eigenvalue weighted by atomic mass is 15.2. The van der Waals surface area contributed by atoms with Gasteiger partial charge >= 0.3 is 0 Å². The van der Waals surface area contributed by atoms with E-state index in [2.05, 4.69) is 206 Å². The molecule has 0 unspecified atom stereocenters. The minimum absolute atomic E-state index is 0.621. The maximum Gasteiger partial charge on any atom is 0.187 e. The van der Waals surface area contributed by atoms with Gasteiger partial charge in [0.05, 0.1) is 29.6 Å². The van der Waals surface area contributed by atoms with Gasteiger partial charge < -0.3 is 9.80 Å². The summed E-state index contributed by atoms with van der Waals surface area (Å²) in [6.45, 7) is 16.3. The Morgan fingerprint density at radius 1 is 0.403 bits per heavy atom. The topological polar surface area (TPSA) is 34.6 Å². The SMILES string of the molecule is [C-]#[N+]c1ccc(N(c2cc(-c3ccccc3)ccc2C)c2ccc3ccc4c(N(c5ccc(C#N)cc5C)c5cc(-c6ccccc6)ccc5C)ccc5ccc2c3c54)c(C)c1. The van der Waals surface area contributed by atoms with Crippen LogP contribution in [-0.2, 0) is 0 Å². The minimum Gasteiger partial charge on any atom is -0.309 e. The van der Waals surface area contributed by atoms with Crippen LogP contribution in [-0.4, -0.2) is 0 Å². The maximum absolute atomic E-state index is 9.88. The van der Waals surface area contributed by atoms with Crippen LogP contribution in [0.15, 0.2) is 182 Å². The van der Waals surface area contributed by atoms with Crippen molar-refractivity contribution in [3.63, 3.8) is 0 Å². The molecule has 0 amide bonds. The van der Waals surface area contributed by atoms with Gasteiger partial charge in [-0.3, -0.25) is 0 Å². The van der Waals surface area contributed by atoms with Gasteiger partial charge in [0.1, 0.15) is 0 Å². The Morgan fingerprint density at radius 2 is 0.855 bits per heavy atom. The van der Waals surface area contributed by atoms with E-state index in [0.717, 1.165) is 100 Å². The first-order valence-electron chi connectivity index (χ1n) is 20.9. The van der Waals surface area contributed by atoms with Crippen LogP contribution in [0.4, 0.5) is 39.8 Å². The lowest BCUT2D eigenvalue weighted by atomic mass is 9.91. The van der Waals surface area contributed by atoms with Gasteiger partial charge in [0.25, 0.3) is 0 Å². The molecule has 10 aromatic carbocycles. The molecule has 0 saturated heterocycles. The van der Waals surface area contributed by atoms with Crippen molar-refractivity contribution in [3.8, 4) is 28.3 Å². The molecular weight excluding hydrogens is 753 g/mol. The molecule has 10 aromatic rings. The van der Waals surface area contributed by atoms with E-state index >= 15 is 0 Å². The molecule has 4 nitrogen and oxygen atoms in total. The Kier molecular flexibility index (Phi) is 9.48. The molecule has 0 bridgehead atoms. The van der Waals surface area contributed by atoms with Crippen molar-refractivity contribution in [1.29, 1.82) is 5.26 Å². The Morgan fingerprint density at radius 3 is 1.31 bits per heavy atom. The van der Waals surface area contributed by atoms with Gasteiger partial charge in [-0.2, -0.15) is 5.26 Å². The van der Waals surface area contributed by atoms with Crippen molar-refractivity contribution in [1.82, 2.24) is 0 Å². The molecule has 0 atom stereocenters. The van der Waals surface area contributed by atoms with Crippen molar-refractivity contribution in [2.24, 2.45) is 0 Å². The summed E-state index contributed by atoms with van der Waals surface area (Å²) in [7, 11) is 0. The lowest BCUT2D eigenvalue weighted by Gasteiger charge is -2.32. The largest absolute Gasteiger partial charge is 0.309 e. The van der Waals surface area contributed by atoms with Gasteiger partial charge in [0, 0.05) is 33.5 Å². The smallest absolute Gasteiger partial charge is 0.187 e. The molecule has 0 aromatic heterocycles. The summed E-state index contributed by atoms with van der Waals surface area (Å²) in [4.78, 5) is 8.55. The highest BCUT2D eigenvalue weighted by Gasteiger charge is 2.25. The first kappa shape index (κ1) is 38.0. The Labute approximate surface area is 363 Å². The summed E-state index contributed by atoms with van der Waals surface area (Å²) in [5, 5.41) is 16.9. The standard InChI is InChI=1S/C58H42N4/c1-37-16-19-46(42-12-8-6-9-13-42)34-55(37)61(51-28-18-41(36-59)32-39(51)3)53-29-23-44-22-27-50-54(30-24-45-21-26-49(53)57(44)58(45)50)62(52-31-25-48(60-5)33-40(52)4)56-35-47(20-17-38(56)2)43-14-10-7-11-15-43/h6-35H,1-4H3. The first-order valence-corrected chi connectivity index (χ1v) is 20.9. The van der Waals surface area contributed by atoms with E-state index in [0.29, 0.717) is 11.3 Å². The second kappa shape index (κ2) is 15.4. The van der Waals surface area contributed by atoms with Crippen LogP contribution in [0, 0.1) is 45.6 Å². The maximum atomic E-state index is 9.88. The van der Waals surface area contributed by atoms with Gasteiger partial charge in [0.2, 0.25) is 0 Å². The molecule has 294 valence electrons. The monoisotopic (exact) mass is 794 g/mol. The Hall–Kier alpha value is -8.18. The highest BCUT2D eigenvalue weighted by molar-refractivity contribution is 6.28. The summed E-state index contributed by atoms with van der Waals surface area (Å²) in [6.07, 6.45) is 0. The first-order chi connectivity index (χ1) is 30.3. The fraction of sp³-hybridized carbons (Fsp3) is 0.0690. The van der Waals surface area contributed by atoms with Crippen LogP contribution < -0.4 is 9.80 Å². The highest BCUT2D eigenvalue weighted by Crippen LogP contribution is 2.50. The van der Waals surface area contributed by atoms with Crippen LogP contribution >= 0.6 is 0 Å². The molecule has 0 radical (unpaired) electrons. The molecule has 0 aliphatic heterocycles. The zero-order valence-electron chi connectivity index (χ0n) is 35.1. The number of nitriles is 1. The van der Waals surface area contributed by atoms with Crippen molar-refractivity contribution < 1.29 is 0 Å². The van der Waals surface area contributed by atoms with E-state index in [-0.39, 0.29) is 0 Å². The number of hydrogen-bond acceptors (Lipinski definition) is 3. The minimum atomic E-state index is 0.621. The molecular formula is C58H42N4. The summed E-state index contributed by atoms with van der Waals surface area (Å²) < 4.78 is 0. The molecule has 0 aliphatic carbocycles. The zero-order valence-corrected chi connectivity index (χ0v) is 35.1. The predicted octanol–water partition coefficient (Wildman–Crippen LogP) is 16.5. The molecule has 0 aliphatic rings. The summed E-state index contributed by atoms with van der Waals surface area (Å²) in [5.74, 6) is 0. The van der Waals surface area contributed by atoms with Crippen molar-refractivity contribution >= 4 is 72.1 Å². The van der Waals surface area contributed by atoms with E-state index in [9.17, 15) is 5.26 Å². The number of rotatable bonds is 8. The van der Waals surface area contributed by atoms with E-state index in [4.69, 9.17) is 6.57 Å². The lowest BCUT2D eigenvalue weighted by Crippen LogP contribution is -2.14. The number of nitrogens with zero attached hydrogens (tertiary/aromatic N) is 4. The lowest BCUT2D eigenvalue weighted by molar-refractivity contribution is 1.23. The molecule has 0 spiro atoms. The van der Waals surface area contributed by atoms with E-state index in [1.54, 1.807) is 0 Å². The molecule has 10 rings (SSSR count). The predicted molar refractivity (Wildman–Crippen MR) is 260 cm³/mol. The third-order valence-corrected chi connectivity index (χ3v) is 12.3. The average molecular weight is 795 g/mol. The van der Waals surface area contributed by atoms with Crippen LogP contribution in [0.1, 0.15) is 27.8 Å². The van der Waals surface area contributed by atoms with E-state index in [1.165, 1.54) is 10.8 Å². The second-order valence-corrected chi connectivity index (χ2v) is 16.2. The zero-order chi connectivity index (χ0) is 42.5. The number of anilines is 6. The number of hydrogen-bond donors (Lipinski definition) is 0. The van der Waals surface area contributed by atoms with Crippen molar-refractivity contribution in [3.05, 3.63) is 221 Å². The van der Waals surface area contributed by atoms with Gasteiger partial charge in [-0.1, -0.05) is 133 Å².